The van der Waals surface area contributed by atoms with Crippen molar-refractivity contribution in [3.05, 3.63) is 87.1 Å². The van der Waals surface area contributed by atoms with Gasteiger partial charge < -0.3 is 9.32 Å². The second-order valence-electron chi connectivity index (χ2n) is 5.74. The number of nitro groups is 1. The highest BCUT2D eigenvalue weighted by Gasteiger charge is 2.15. The van der Waals surface area contributed by atoms with E-state index in [9.17, 15) is 14.9 Å². The van der Waals surface area contributed by atoms with Gasteiger partial charge in [0.15, 0.2) is 0 Å². The zero-order chi connectivity index (χ0) is 18.7. The van der Waals surface area contributed by atoms with Gasteiger partial charge in [0.25, 0.3) is 11.6 Å². The minimum absolute atomic E-state index is 0.0529. The number of hydrogen-bond acceptors (Lipinski definition) is 4. The third-order valence-corrected chi connectivity index (χ3v) is 4.11. The Morgan fingerprint density at radius 1 is 1.08 bits per heavy atom. The Bertz CT molecular complexity index is 933. The van der Waals surface area contributed by atoms with E-state index in [-0.39, 0.29) is 18.1 Å². The van der Waals surface area contributed by atoms with Gasteiger partial charge in [0.05, 0.1) is 11.5 Å². The maximum absolute atomic E-state index is 12.4. The van der Waals surface area contributed by atoms with Gasteiger partial charge >= 0.3 is 0 Å². The van der Waals surface area contributed by atoms with Crippen LogP contribution in [0.3, 0.4) is 0 Å². The van der Waals surface area contributed by atoms with Crippen LogP contribution in [0, 0.1) is 10.1 Å². The van der Waals surface area contributed by atoms with Crippen molar-refractivity contribution in [3.63, 3.8) is 0 Å². The Hall–Kier alpha value is -3.12. The van der Waals surface area contributed by atoms with E-state index in [0.29, 0.717) is 22.1 Å². The molecule has 0 spiro atoms. The van der Waals surface area contributed by atoms with Crippen molar-refractivity contribution < 1.29 is 14.1 Å². The Kier molecular flexibility index (Phi) is 5.04. The van der Waals surface area contributed by atoms with Crippen LogP contribution in [-0.2, 0) is 6.54 Å². The molecule has 0 unspecified atom stereocenters. The lowest BCUT2D eigenvalue weighted by molar-refractivity contribution is -0.384. The quantitative estimate of drug-likeness (QED) is 0.478. The number of nitro benzene ring substituents is 1. The average molecular weight is 371 g/mol. The van der Waals surface area contributed by atoms with Crippen molar-refractivity contribution in [2.75, 3.05) is 7.05 Å². The van der Waals surface area contributed by atoms with Gasteiger partial charge in [-0.25, -0.2) is 0 Å². The molecular weight excluding hydrogens is 356 g/mol. The predicted octanol–water partition coefficient (Wildman–Crippen LogP) is 4.78. The number of hydrogen-bond donors (Lipinski definition) is 0. The van der Waals surface area contributed by atoms with Crippen LogP contribution in [0.15, 0.2) is 65.1 Å². The lowest BCUT2D eigenvalue weighted by Gasteiger charge is -2.15. The number of benzene rings is 2. The molecule has 26 heavy (non-hydrogen) atoms. The maximum atomic E-state index is 12.4. The summed E-state index contributed by atoms with van der Waals surface area (Å²) in [6, 6.07) is 16.4. The van der Waals surface area contributed by atoms with Crippen LogP contribution >= 0.6 is 11.6 Å². The number of amides is 1. The van der Waals surface area contributed by atoms with Crippen LogP contribution in [-0.4, -0.2) is 22.8 Å². The average Bonchev–Trinajstić information content (AvgIpc) is 3.10. The highest BCUT2D eigenvalue weighted by Crippen LogP contribution is 2.24. The maximum Gasteiger partial charge on any atom is 0.269 e. The summed E-state index contributed by atoms with van der Waals surface area (Å²) in [5.41, 5.74) is 1.22. The molecule has 132 valence electrons. The molecule has 0 aliphatic rings. The summed E-state index contributed by atoms with van der Waals surface area (Å²) in [6.45, 7) is 0.281. The van der Waals surface area contributed by atoms with Crippen molar-refractivity contribution in [1.29, 1.82) is 0 Å². The number of carbonyl (C=O) groups excluding carboxylic acids is 1. The summed E-state index contributed by atoms with van der Waals surface area (Å²) in [5, 5.41) is 11.3. The molecule has 6 nitrogen and oxygen atoms in total. The molecule has 1 aromatic heterocycles. The van der Waals surface area contributed by atoms with E-state index >= 15 is 0 Å². The smallest absolute Gasteiger partial charge is 0.269 e. The van der Waals surface area contributed by atoms with Gasteiger partial charge in [-0.1, -0.05) is 11.6 Å². The van der Waals surface area contributed by atoms with Gasteiger partial charge in [-0.05, 0) is 48.5 Å². The molecular formula is C19H15ClN2O4. The molecule has 0 radical (unpaired) electrons. The zero-order valence-corrected chi connectivity index (χ0v) is 14.6. The van der Waals surface area contributed by atoms with Crippen LogP contribution in [0.25, 0.3) is 11.3 Å². The van der Waals surface area contributed by atoms with Crippen molar-refractivity contribution >= 4 is 23.2 Å². The van der Waals surface area contributed by atoms with Crippen molar-refractivity contribution in [2.45, 2.75) is 6.54 Å². The van der Waals surface area contributed by atoms with E-state index in [2.05, 4.69) is 0 Å². The number of nitrogens with zero attached hydrogens (tertiary/aromatic N) is 2. The lowest BCUT2D eigenvalue weighted by atomic mass is 10.2. The first-order valence-corrected chi connectivity index (χ1v) is 8.16. The fraction of sp³-hybridized carbons (Fsp3) is 0.105. The minimum Gasteiger partial charge on any atom is -0.459 e. The van der Waals surface area contributed by atoms with E-state index < -0.39 is 4.92 Å². The summed E-state index contributed by atoms with van der Waals surface area (Å²) in [5.74, 6) is 1.07. The van der Waals surface area contributed by atoms with Gasteiger partial charge in [0, 0.05) is 35.3 Å². The monoisotopic (exact) mass is 370 g/mol. The highest BCUT2D eigenvalue weighted by molar-refractivity contribution is 6.30. The molecule has 0 aliphatic heterocycles. The minimum atomic E-state index is -0.501. The van der Waals surface area contributed by atoms with E-state index in [0.717, 1.165) is 5.56 Å². The lowest BCUT2D eigenvalue weighted by Crippen LogP contribution is -2.25. The Morgan fingerprint density at radius 3 is 2.35 bits per heavy atom. The van der Waals surface area contributed by atoms with Crippen molar-refractivity contribution in [1.82, 2.24) is 4.90 Å². The number of rotatable bonds is 5. The third kappa shape index (κ3) is 3.92. The van der Waals surface area contributed by atoms with Crippen molar-refractivity contribution in [2.24, 2.45) is 0 Å². The van der Waals surface area contributed by atoms with Gasteiger partial charge in [-0.15, -0.1) is 0 Å². The normalized spacial score (nSPS) is 10.5. The van der Waals surface area contributed by atoms with Crippen LogP contribution in [0.4, 0.5) is 5.69 Å². The first-order chi connectivity index (χ1) is 12.4. The number of carbonyl (C=O) groups is 1. The standard InChI is InChI=1S/C19H15ClN2O4/c1-21(19(23)14-4-8-16(9-5-14)22(24)25)12-17-10-11-18(26-17)13-2-6-15(20)7-3-13/h2-11H,12H2,1H3. The third-order valence-electron chi connectivity index (χ3n) is 3.86. The zero-order valence-electron chi connectivity index (χ0n) is 13.9. The second kappa shape index (κ2) is 7.41. The summed E-state index contributed by atoms with van der Waals surface area (Å²) in [6.07, 6.45) is 0. The summed E-state index contributed by atoms with van der Waals surface area (Å²) in [7, 11) is 1.65. The second-order valence-corrected chi connectivity index (χ2v) is 6.17. The Labute approximate surface area is 154 Å². The van der Waals surface area contributed by atoms with E-state index in [1.807, 2.05) is 24.3 Å². The SMILES string of the molecule is CN(Cc1ccc(-c2ccc(Cl)cc2)o1)C(=O)c1ccc([N+](=O)[O-])cc1. The molecule has 0 bridgehead atoms. The first-order valence-electron chi connectivity index (χ1n) is 7.78. The molecule has 1 heterocycles. The van der Waals surface area contributed by atoms with Crippen LogP contribution in [0.1, 0.15) is 16.1 Å². The molecule has 0 saturated carbocycles. The molecule has 0 N–H and O–H groups in total. The number of halogens is 1. The largest absolute Gasteiger partial charge is 0.459 e. The summed E-state index contributed by atoms with van der Waals surface area (Å²) >= 11 is 5.88. The van der Waals surface area contributed by atoms with Gasteiger partial charge in [-0.2, -0.15) is 0 Å². The molecule has 3 rings (SSSR count). The number of furan rings is 1. The van der Waals surface area contributed by atoms with Gasteiger partial charge in [-0.3, -0.25) is 14.9 Å². The van der Waals surface area contributed by atoms with E-state index in [4.69, 9.17) is 16.0 Å². The van der Waals surface area contributed by atoms with E-state index in [1.165, 1.54) is 29.2 Å². The summed E-state index contributed by atoms with van der Waals surface area (Å²) in [4.78, 5) is 24.1. The van der Waals surface area contributed by atoms with Crippen LogP contribution in [0.2, 0.25) is 5.02 Å². The van der Waals surface area contributed by atoms with Gasteiger partial charge in [0.2, 0.25) is 0 Å². The topological polar surface area (TPSA) is 76.6 Å². The molecule has 0 fully saturated rings. The fourth-order valence-corrected chi connectivity index (χ4v) is 2.61. The first kappa shape index (κ1) is 17.7. The molecule has 7 heteroatoms. The molecule has 3 aromatic rings. The summed E-state index contributed by atoms with van der Waals surface area (Å²) < 4.78 is 5.79. The molecule has 0 atom stereocenters. The van der Waals surface area contributed by atoms with Crippen LogP contribution in [0.5, 0.6) is 0 Å². The Balaban J connectivity index is 1.69. The molecule has 2 aromatic carbocycles. The van der Waals surface area contributed by atoms with Crippen LogP contribution < -0.4 is 0 Å². The van der Waals surface area contributed by atoms with E-state index in [1.54, 1.807) is 19.2 Å². The van der Waals surface area contributed by atoms with Crippen molar-refractivity contribution in [3.8, 4) is 11.3 Å². The molecule has 0 aliphatic carbocycles. The Morgan fingerprint density at radius 2 is 1.73 bits per heavy atom. The number of non-ortho nitro benzene ring substituents is 1. The van der Waals surface area contributed by atoms with Gasteiger partial charge in [0.1, 0.15) is 11.5 Å². The predicted molar refractivity (Wildman–Crippen MR) is 98.0 cm³/mol. The molecule has 0 saturated heterocycles. The fourth-order valence-electron chi connectivity index (χ4n) is 2.48. The highest BCUT2D eigenvalue weighted by atomic mass is 35.5. The molecule has 1 amide bonds.